The fraction of sp³-hybridized carbons (Fsp3) is 0.500. The molecule has 0 unspecified atom stereocenters. The number of aromatic nitrogens is 2. The van der Waals surface area contributed by atoms with Crippen LogP contribution in [0.15, 0.2) is 24.4 Å². The van der Waals surface area contributed by atoms with Crippen molar-refractivity contribution in [2.45, 2.75) is 19.3 Å². The molecule has 1 saturated heterocycles. The van der Waals surface area contributed by atoms with Crippen LogP contribution in [0.3, 0.4) is 0 Å². The molecule has 2 amide bonds. The highest BCUT2D eigenvalue weighted by molar-refractivity contribution is 6.22. The third-order valence-electron chi connectivity index (χ3n) is 6.83. The predicted molar refractivity (Wildman–Crippen MR) is 83.4 cm³/mol. The van der Waals surface area contributed by atoms with Gasteiger partial charge in [0.25, 0.3) is 0 Å². The zero-order chi connectivity index (χ0) is 15.3. The number of amides is 2. The van der Waals surface area contributed by atoms with E-state index in [4.69, 9.17) is 0 Å². The van der Waals surface area contributed by atoms with Gasteiger partial charge in [0.1, 0.15) is 0 Å². The molecule has 1 N–H and O–H groups in total. The van der Waals surface area contributed by atoms with Crippen molar-refractivity contribution in [3.8, 4) is 0 Å². The second-order valence-corrected chi connectivity index (χ2v) is 7.67. The van der Waals surface area contributed by atoms with Crippen LogP contribution in [0.25, 0.3) is 10.9 Å². The fourth-order valence-corrected chi connectivity index (χ4v) is 5.86. The van der Waals surface area contributed by atoms with E-state index in [1.54, 1.807) is 6.20 Å². The summed E-state index contributed by atoms with van der Waals surface area (Å²) in [7, 11) is 0. The molecule has 1 aromatic carbocycles. The Morgan fingerprint density at radius 3 is 2.39 bits per heavy atom. The first-order valence-corrected chi connectivity index (χ1v) is 8.55. The minimum absolute atomic E-state index is 0.0443. The number of hydrogen-bond acceptors (Lipinski definition) is 3. The van der Waals surface area contributed by atoms with E-state index in [0.29, 0.717) is 17.5 Å². The summed E-state index contributed by atoms with van der Waals surface area (Å²) in [5.74, 6) is 2.34. The van der Waals surface area contributed by atoms with Crippen LogP contribution in [0.5, 0.6) is 0 Å². The van der Waals surface area contributed by atoms with Gasteiger partial charge >= 0.3 is 0 Å². The van der Waals surface area contributed by atoms with E-state index < -0.39 is 0 Å². The molecule has 5 aliphatic rings. The predicted octanol–water partition coefficient (Wildman–Crippen LogP) is 2.34. The first kappa shape index (κ1) is 12.3. The van der Waals surface area contributed by atoms with E-state index in [-0.39, 0.29) is 23.7 Å². The van der Waals surface area contributed by atoms with Crippen molar-refractivity contribution in [1.82, 2.24) is 10.2 Å². The Bertz CT molecular complexity index is 838. The maximum Gasteiger partial charge on any atom is 0.237 e. The Balaban J connectivity index is 1.46. The van der Waals surface area contributed by atoms with Crippen molar-refractivity contribution in [2.75, 3.05) is 4.90 Å². The summed E-state index contributed by atoms with van der Waals surface area (Å²) >= 11 is 0. The molecule has 4 saturated carbocycles. The van der Waals surface area contributed by atoms with E-state index in [1.165, 1.54) is 11.3 Å². The van der Waals surface area contributed by atoms with E-state index in [0.717, 1.165) is 35.6 Å². The Hall–Kier alpha value is -2.17. The standard InChI is InChI=1S/C18H17N3O2/c22-17-15-10-2-3-11(13-6-12(10)13)16(15)18(23)21(17)9-1-4-14-8(5-9)7-19-20-14/h1,4-5,7,10-13,15-16H,2-3,6H2,(H,19,20)/t10-,11+,12+,13-,15-,16+. The van der Waals surface area contributed by atoms with E-state index >= 15 is 0 Å². The molecule has 2 heterocycles. The summed E-state index contributed by atoms with van der Waals surface area (Å²) in [4.78, 5) is 27.6. The Kier molecular flexibility index (Phi) is 2.05. The highest BCUT2D eigenvalue weighted by Gasteiger charge is 2.68. The molecule has 0 spiro atoms. The van der Waals surface area contributed by atoms with Gasteiger partial charge in [0.2, 0.25) is 11.8 Å². The molecular formula is C18H17N3O2. The number of hydrogen-bond donors (Lipinski definition) is 1. The lowest BCUT2D eigenvalue weighted by Crippen LogP contribution is -2.43. The number of carbonyl (C=O) groups excluding carboxylic acids is 2. The van der Waals surface area contributed by atoms with Gasteiger partial charge < -0.3 is 0 Å². The maximum atomic E-state index is 13.1. The Labute approximate surface area is 133 Å². The third-order valence-corrected chi connectivity index (χ3v) is 6.83. The van der Waals surface area contributed by atoms with Crippen molar-refractivity contribution in [2.24, 2.45) is 35.5 Å². The molecule has 5 nitrogen and oxygen atoms in total. The summed E-state index contributed by atoms with van der Waals surface area (Å²) in [6.45, 7) is 0. The monoisotopic (exact) mass is 307 g/mol. The lowest BCUT2D eigenvalue weighted by Gasteiger charge is -2.42. The molecule has 2 aromatic rings. The molecule has 1 aromatic heterocycles. The minimum Gasteiger partial charge on any atom is -0.278 e. The molecule has 0 radical (unpaired) electrons. The normalized spacial score (nSPS) is 40.6. The highest BCUT2D eigenvalue weighted by Crippen LogP contribution is 2.68. The number of aromatic amines is 1. The molecule has 7 rings (SSSR count). The zero-order valence-corrected chi connectivity index (χ0v) is 12.6. The van der Waals surface area contributed by atoms with Crippen LogP contribution in [0, 0.1) is 35.5 Å². The summed E-state index contributed by atoms with van der Waals surface area (Å²) in [5.41, 5.74) is 1.63. The number of nitrogens with one attached hydrogen (secondary N) is 1. The fourth-order valence-electron chi connectivity index (χ4n) is 5.86. The van der Waals surface area contributed by atoms with Gasteiger partial charge in [-0.05, 0) is 61.1 Å². The summed E-state index contributed by atoms with van der Waals surface area (Å²) in [6, 6.07) is 5.65. The van der Waals surface area contributed by atoms with Gasteiger partial charge in [0, 0.05) is 5.39 Å². The number of rotatable bonds is 1. The van der Waals surface area contributed by atoms with Crippen LogP contribution in [0.2, 0.25) is 0 Å². The molecule has 23 heavy (non-hydrogen) atoms. The average molecular weight is 307 g/mol. The van der Waals surface area contributed by atoms with Gasteiger partial charge in [-0.15, -0.1) is 0 Å². The van der Waals surface area contributed by atoms with Crippen molar-refractivity contribution in [3.63, 3.8) is 0 Å². The van der Waals surface area contributed by atoms with Crippen LogP contribution < -0.4 is 4.90 Å². The van der Waals surface area contributed by atoms with Gasteiger partial charge in [0.05, 0.1) is 29.2 Å². The highest BCUT2D eigenvalue weighted by atomic mass is 16.2. The van der Waals surface area contributed by atoms with Crippen LogP contribution in [0.1, 0.15) is 19.3 Å². The van der Waals surface area contributed by atoms with Crippen molar-refractivity contribution in [1.29, 1.82) is 0 Å². The second kappa shape index (κ2) is 3.83. The Morgan fingerprint density at radius 2 is 1.70 bits per heavy atom. The summed E-state index contributed by atoms with van der Waals surface area (Å²) in [6.07, 6.45) is 5.26. The third kappa shape index (κ3) is 1.37. The summed E-state index contributed by atoms with van der Waals surface area (Å²) < 4.78 is 0. The van der Waals surface area contributed by atoms with Crippen molar-refractivity contribution >= 4 is 28.4 Å². The van der Waals surface area contributed by atoms with Crippen LogP contribution >= 0.6 is 0 Å². The van der Waals surface area contributed by atoms with Gasteiger partial charge in [-0.25, -0.2) is 0 Å². The molecule has 116 valence electrons. The van der Waals surface area contributed by atoms with Crippen molar-refractivity contribution < 1.29 is 9.59 Å². The summed E-state index contributed by atoms with van der Waals surface area (Å²) in [5, 5.41) is 7.86. The first-order chi connectivity index (χ1) is 11.2. The molecule has 6 atom stereocenters. The van der Waals surface area contributed by atoms with Gasteiger partial charge in [-0.1, -0.05) is 0 Å². The maximum absolute atomic E-state index is 13.1. The van der Waals surface area contributed by atoms with E-state index in [9.17, 15) is 9.59 Å². The topological polar surface area (TPSA) is 66.1 Å². The SMILES string of the molecule is O=C1[C@@H]2[C@@H]3CC[C@@H]([C@H]4C[C@H]43)[C@@H]2C(=O)N1c1ccc2[nH]ncc2c1. The molecule has 1 aliphatic heterocycles. The number of carbonyl (C=O) groups is 2. The molecule has 5 fully saturated rings. The Morgan fingerprint density at radius 1 is 1.00 bits per heavy atom. The average Bonchev–Trinajstić information content (AvgIpc) is 3.20. The quantitative estimate of drug-likeness (QED) is 0.822. The number of anilines is 1. The van der Waals surface area contributed by atoms with Crippen LogP contribution in [-0.4, -0.2) is 22.0 Å². The van der Waals surface area contributed by atoms with Crippen molar-refractivity contribution in [3.05, 3.63) is 24.4 Å². The number of H-pyrrole nitrogens is 1. The lowest BCUT2D eigenvalue weighted by atomic mass is 9.59. The van der Waals surface area contributed by atoms with Crippen LogP contribution in [-0.2, 0) is 9.59 Å². The number of imide groups is 1. The number of nitrogens with zero attached hydrogens (tertiary/aromatic N) is 2. The van der Waals surface area contributed by atoms with E-state index in [1.807, 2.05) is 18.2 Å². The largest absolute Gasteiger partial charge is 0.278 e. The molecular weight excluding hydrogens is 290 g/mol. The molecule has 2 bridgehead atoms. The number of fused-ring (bicyclic) bond motifs is 2. The van der Waals surface area contributed by atoms with E-state index in [2.05, 4.69) is 10.2 Å². The number of benzene rings is 1. The second-order valence-electron chi connectivity index (χ2n) is 7.67. The zero-order valence-electron chi connectivity index (χ0n) is 12.6. The molecule has 4 aliphatic carbocycles. The van der Waals surface area contributed by atoms with Gasteiger partial charge in [-0.2, -0.15) is 5.10 Å². The molecule has 5 heteroatoms. The van der Waals surface area contributed by atoms with Gasteiger partial charge in [-0.3, -0.25) is 19.6 Å². The first-order valence-electron chi connectivity index (χ1n) is 8.55. The minimum atomic E-state index is -0.0509. The lowest BCUT2D eigenvalue weighted by molar-refractivity contribution is -0.129. The van der Waals surface area contributed by atoms with Crippen LogP contribution in [0.4, 0.5) is 5.69 Å². The van der Waals surface area contributed by atoms with Gasteiger partial charge in [0.15, 0.2) is 0 Å². The smallest absolute Gasteiger partial charge is 0.237 e.